The number of ether oxygens (including phenoxy) is 2. The zero-order valence-corrected chi connectivity index (χ0v) is 23.0. The minimum atomic E-state index is -1.73. The highest BCUT2D eigenvalue weighted by atomic mass is 28.4. The molecule has 5 nitrogen and oxygen atoms in total. The Hall–Kier alpha value is -1.92. The van der Waals surface area contributed by atoms with Gasteiger partial charge in [-0.3, -0.25) is 4.79 Å². The largest absolute Gasteiger partial charge is 0.459 e. The van der Waals surface area contributed by atoms with E-state index in [1.54, 1.807) is 24.3 Å². The number of esters is 2. The first-order chi connectivity index (χ1) is 15.2. The molecule has 0 unspecified atom stereocenters. The summed E-state index contributed by atoms with van der Waals surface area (Å²) in [4.78, 5) is 24.4. The molecule has 0 bridgehead atoms. The third kappa shape index (κ3) is 10.3. The molecule has 0 saturated carbocycles. The van der Waals surface area contributed by atoms with Crippen molar-refractivity contribution in [1.29, 1.82) is 0 Å². The van der Waals surface area contributed by atoms with Crippen LogP contribution in [-0.4, -0.2) is 33.0 Å². The molecule has 0 aliphatic heterocycles. The topological polar surface area (TPSA) is 61.8 Å². The van der Waals surface area contributed by atoms with Gasteiger partial charge >= 0.3 is 11.9 Å². The van der Waals surface area contributed by atoms with Crippen LogP contribution in [0.2, 0.25) is 18.1 Å². The monoisotopic (exact) mass is 476 g/mol. The molecule has 0 N–H and O–H groups in total. The van der Waals surface area contributed by atoms with Crippen LogP contribution in [-0.2, 0) is 23.5 Å². The van der Waals surface area contributed by atoms with Gasteiger partial charge in [0.05, 0.1) is 0 Å². The Balaban J connectivity index is 2.66. The molecule has 3 atom stereocenters. The molecule has 0 radical (unpaired) electrons. The molecule has 6 heteroatoms. The first-order valence-electron chi connectivity index (χ1n) is 12.0. The van der Waals surface area contributed by atoms with E-state index in [2.05, 4.69) is 52.9 Å². The fourth-order valence-electron chi connectivity index (χ4n) is 2.91. The normalized spacial score (nSPS) is 15.3. The maximum atomic E-state index is 12.9. The van der Waals surface area contributed by atoms with E-state index < -0.39 is 26.4 Å². The molecule has 1 aromatic rings. The van der Waals surface area contributed by atoms with E-state index in [4.69, 9.17) is 13.9 Å². The lowest BCUT2D eigenvalue weighted by Crippen LogP contribution is -2.41. The van der Waals surface area contributed by atoms with Gasteiger partial charge in [0.15, 0.2) is 8.32 Å². The second-order valence-electron chi connectivity index (χ2n) is 10.7. The number of benzene rings is 1. The highest BCUT2D eigenvalue weighted by molar-refractivity contribution is 6.74. The third-order valence-corrected chi connectivity index (χ3v) is 10.7. The van der Waals surface area contributed by atoms with Gasteiger partial charge in [0.1, 0.15) is 6.10 Å². The molecule has 1 aromatic carbocycles. The molecular weight excluding hydrogens is 432 g/mol. The smallest absolute Gasteiger partial charge is 0.352 e. The average Bonchev–Trinajstić information content (AvgIpc) is 2.72. The maximum absolute atomic E-state index is 12.9. The summed E-state index contributed by atoms with van der Waals surface area (Å²) in [6, 6.07) is 8.97. The van der Waals surface area contributed by atoms with Crippen molar-refractivity contribution in [3.05, 3.63) is 48.0 Å². The minimum Gasteiger partial charge on any atom is -0.459 e. The summed E-state index contributed by atoms with van der Waals surface area (Å²) >= 11 is 0. The van der Waals surface area contributed by atoms with Gasteiger partial charge in [0.2, 0.25) is 6.10 Å². The number of hydrogen-bond donors (Lipinski definition) is 0. The van der Waals surface area contributed by atoms with Crippen LogP contribution in [0.1, 0.15) is 73.0 Å². The van der Waals surface area contributed by atoms with E-state index in [-0.39, 0.29) is 17.1 Å². The Morgan fingerprint density at radius 1 is 0.970 bits per heavy atom. The zero-order chi connectivity index (χ0) is 25.2. The molecule has 0 fully saturated rings. The van der Waals surface area contributed by atoms with Crippen molar-refractivity contribution >= 4 is 20.3 Å². The summed E-state index contributed by atoms with van der Waals surface area (Å²) in [6.45, 7) is 19.6. The van der Waals surface area contributed by atoms with E-state index >= 15 is 0 Å². The Morgan fingerprint density at radius 2 is 1.55 bits per heavy atom. The van der Waals surface area contributed by atoms with Crippen molar-refractivity contribution in [2.24, 2.45) is 11.8 Å². The standard InChI is InChI=1S/C27H44O5Si/c1-20(2)24(18-14-13-15-21(3)19-30-33(8,9)27(5,6)7)32-26(29)25(31-22(4)28)23-16-11-10-12-17-23/h10-14,16-17,20-21,24-25H,15,18-19H2,1-9H3/b14-13-/t21-,24-,25-/m1/s1. The minimum absolute atomic E-state index is 0.131. The summed E-state index contributed by atoms with van der Waals surface area (Å²) in [7, 11) is -1.73. The molecule has 1 rings (SSSR count). The van der Waals surface area contributed by atoms with Gasteiger partial charge in [-0.25, -0.2) is 4.79 Å². The van der Waals surface area contributed by atoms with Crippen LogP contribution in [0.4, 0.5) is 0 Å². The second kappa shape index (κ2) is 13.1. The van der Waals surface area contributed by atoms with Gasteiger partial charge in [0, 0.05) is 25.5 Å². The first-order valence-corrected chi connectivity index (χ1v) is 14.9. The summed E-state index contributed by atoms with van der Waals surface area (Å²) < 4.78 is 17.4. The predicted molar refractivity (Wildman–Crippen MR) is 136 cm³/mol. The lowest BCUT2D eigenvalue weighted by Gasteiger charge is -2.36. The SMILES string of the molecule is CC(=O)O[C@@H](C(=O)O[C@H](C/C=C\C[C@@H](C)CO[Si](C)(C)C(C)(C)C)C(C)C)c1ccccc1. The summed E-state index contributed by atoms with van der Waals surface area (Å²) in [5.74, 6) is -0.510. The van der Waals surface area contributed by atoms with E-state index in [1.165, 1.54) is 6.92 Å². The van der Waals surface area contributed by atoms with E-state index in [9.17, 15) is 9.59 Å². The van der Waals surface area contributed by atoms with Crippen LogP contribution in [0.3, 0.4) is 0 Å². The highest BCUT2D eigenvalue weighted by Gasteiger charge is 2.37. The van der Waals surface area contributed by atoms with Crippen molar-refractivity contribution in [2.75, 3.05) is 6.61 Å². The number of hydrogen-bond acceptors (Lipinski definition) is 5. The second-order valence-corrected chi connectivity index (χ2v) is 15.5. The molecule has 0 spiro atoms. The van der Waals surface area contributed by atoms with Crippen molar-refractivity contribution in [3.8, 4) is 0 Å². The van der Waals surface area contributed by atoms with E-state index in [1.807, 2.05) is 19.9 Å². The van der Waals surface area contributed by atoms with Crippen molar-refractivity contribution in [1.82, 2.24) is 0 Å². The van der Waals surface area contributed by atoms with Gasteiger partial charge in [-0.1, -0.05) is 84.0 Å². The lowest BCUT2D eigenvalue weighted by molar-refractivity contribution is -0.172. The summed E-state index contributed by atoms with van der Waals surface area (Å²) in [5, 5.41) is 0.209. The van der Waals surface area contributed by atoms with Crippen molar-refractivity contribution in [2.45, 2.75) is 91.6 Å². The van der Waals surface area contributed by atoms with E-state index in [0.29, 0.717) is 17.9 Å². The van der Waals surface area contributed by atoms with Crippen LogP contribution in [0.15, 0.2) is 42.5 Å². The van der Waals surface area contributed by atoms with E-state index in [0.717, 1.165) is 13.0 Å². The number of allylic oxidation sites excluding steroid dienone is 1. The summed E-state index contributed by atoms with van der Waals surface area (Å²) in [6.07, 6.45) is 4.39. The number of carbonyl (C=O) groups is 2. The molecule has 33 heavy (non-hydrogen) atoms. The first kappa shape index (κ1) is 29.1. The van der Waals surface area contributed by atoms with Gasteiger partial charge < -0.3 is 13.9 Å². The van der Waals surface area contributed by atoms with Crippen LogP contribution in [0.25, 0.3) is 0 Å². The maximum Gasteiger partial charge on any atom is 0.352 e. The van der Waals surface area contributed by atoms with Gasteiger partial charge in [-0.15, -0.1) is 0 Å². The van der Waals surface area contributed by atoms with Gasteiger partial charge in [-0.2, -0.15) is 0 Å². The highest BCUT2D eigenvalue weighted by Crippen LogP contribution is 2.36. The Morgan fingerprint density at radius 3 is 2.06 bits per heavy atom. The molecule has 0 heterocycles. The number of carbonyl (C=O) groups excluding carboxylic acids is 2. The average molecular weight is 477 g/mol. The molecule has 0 amide bonds. The molecule has 0 aromatic heterocycles. The predicted octanol–water partition coefficient (Wildman–Crippen LogP) is 6.85. The fourth-order valence-corrected chi connectivity index (χ4v) is 4.04. The van der Waals surface area contributed by atoms with Gasteiger partial charge in [-0.05, 0) is 36.4 Å². The zero-order valence-electron chi connectivity index (χ0n) is 22.0. The lowest BCUT2D eigenvalue weighted by atomic mass is 10.0. The Labute approximate surface area is 202 Å². The quantitative estimate of drug-likeness (QED) is 0.187. The van der Waals surface area contributed by atoms with Gasteiger partial charge in [0.25, 0.3) is 0 Å². The number of rotatable bonds is 12. The molecule has 0 aliphatic carbocycles. The molecule has 0 saturated heterocycles. The third-order valence-electron chi connectivity index (χ3n) is 6.22. The summed E-state index contributed by atoms with van der Waals surface area (Å²) in [5.41, 5.74) is 0.603. The molecular formula is C27H44O5Si. The van der Waals surface area contributed by atoms with Crippen LogP contribution < -0.4 is 0 Å². The Kier molecular flexibility index (Phi) is 11.5. The van der Waals surface area contributed by atoms with Crippen LogP contribution in [0.5, 0.6) is 0 Å². The molecule has 0 aliphatic rings. The molecule has 186 valence electrons. The van der Waals surface area contributed by atoms with Crippen molar-refractivity contribution in [3.63, 3.8) is 0 Å². The van der Waals surface area contributed by atoms with Crippen molar-refractivity contribution < 1.29 is 23.5 Å². The fraction of sp³-hybridized carbons (Fsp3) is 0.630. The van der Waals surface area contributed by atoms with Crippen LogP contribution in [0, 0.1) is 11.8 Å². The van der Waals surface area contributed by atoms with Crippen LogP contribution >= 0.6 is 0 Å². The Bertz CT molecular complexity index is 764.